The van der Waals surface area contributed by atoms with E-state index < -0.39 is 44.9 Å². The number of carbonyl (C=O) groups is 1. The molecule has 1 unspecified atom stereocenters. The van der Waals surface area contributed by atoms with Crippen molar-refractivity contribution in [3.63, 3.8) is 0 Å². The van der Waals surface area contributed by atoms with Crippen LogP contribution in [0.15, 0.2) is 93.3 Å². The number of rotatable bonds is 8. The minimum absolute atomic E-state index is 0.0324. The van der Waals surface area contributed by atoms with Crippen molar-refractivity contribution in [2.75, 3.05) is 6.54 Å². The number of nitrogens with one attached hydrogen (secondary N) is 1. The Bertz CT molecular complexity index is 1590. The lowest BCUT2D eigenvalue weighted by Crippen LogP contribution is -2.45. The third-order valence-corrected chi connectivity index (χ3v) is 9.82. The highest BCUT2D eigenvalue weighted by Gasteiger charge is 2.41. The Kier molecular flexibility index (Phi) is 7.96. The Labute approximate surface area is 232 Å². The molecule has 12 heteroatoms. The second kappa shape index (κ2) is 11.3. The van der Waals surface area contributed by atoms with Crippen LogP contribution in [0.1, 0.15) is 29.5 Å². The molecule has 0 radical (unpaired) electrons. The average Bonchev–Trinajstić information content (AvgIpc) is 3.60. The van der Waals surface area contributed by atoms with E-state index in [9.17, 15) is 30.9 Å². The van der Waals surface area contributed by atoms with Gasteiger partial charge in [0.25, 0.3) is 10.0 Å². The molecule has 1 aromatic heterocycles. The number of hydrogen-bond acceptors (Lipinski definition) is 5. The molecule has 0 bridgehead atoms. The van der Waals surface area contributed by atoms with Crippen molar-refractivity contribution in [2.45, 2.75) is 47.3 Å². The van der Waals surface area contributed by atoms with Gasteiger partial charge in [-0.3, -0.25) is 4.79 Å². The molecule has 1 aliphatic rings. The zero-order chi connectivity index (χ0) is 28.5. The first-order valence-corrected chi connectivity index (χ1v) is 15.2. The lowest BCUT2D eigenvalue weighted by atomic mass is 10.1. The van der Waals surface area contributed by atoms with Crippen molar-refractivity contribution in [3.05, 3.63) is 95.6 Å². The van der Waals surface area contributed by atoms with Crippen molar-refractivity contribution in [1.29, 1.82) is 0 Å². The Hall–Kier alpha value is -3.32. The number of benzene rings is 3. The lowest BCUT2D eigenvalue weighted by molar-refractivity contribution is -0.137. The van der Waals surface area contributed by atoms with Crippen LogP contribution in [0.3, 0.4) is 0 Å². The summed E-state index contributed by atoms with van der Waals surface area (Å²) < 4.78 is 84.5. The van der Waals surface area contributed by atoms with Gasteiger partial charge in [0.1, 0.15) is 17.4 Å². The maximum atomic E-state index is 13.3. The summed E-state index contributed by atoms with van der Waals surface area (Å²) in [6.45, 7) is 0.273. The number of carbonyl (C=O) groups excluding carboxylic acids is 1. The van der Waals surface area contributed by atoms with Crippen LogP contribution >= 0.6 is 0 Å². The zero-order valence-corrected chi connectivity index (χ0v) is 22.7. The van der Waals surface area contributed by atoms with Crippen LogP contribution in [-0.2, 0) is 44.5 Å². The fourth-order valence-electron chi connectivity index (χ4n) is 4.62. The molecule has 7 nitrogen and oxygen atoms in total. The van der Waals surface area contributed by atoms with Crippen molar-refractivity contribution in [2.24, 2.45) is 0 Å². The molecule has 1 aliphatic heterocycles. The van der Waals surface area contributed by atoms with Gasteiger partial charge in [-0.25, -0.2) is 8.42 Å². The van der Waals surface area contributed by atoms with Gasteiger partial charge in [0.15, 0.2) is 4.90 Å². The quantitative estimate of drug-likeness (QED) is 0.283. The van der Waals surface area contributed by atoms with Crippen molar-refractivity contribution >= 4 is 38.1 Å². The Morgan fingerprint density at radius 1 is 1.02 bits per heavy atom. The average molecular weight is 591 g/mol. The van der Waals surface area contributed by atoms with E-state index in [1.165, 1.54) is 18.2 Å². The number of nitrogens with zero attached hydrogens (tertiary/aromatic N) is 1. The Morgan fingerprint density at radius 3 is 2.50 bits per heavy atom. The molecule has 1 saturated heterocycles. The number of amides is 1. The number of para-hydroxylation sites is 1. The smallest absolute Gasteiger partial charge is 0.416 e. The predicted molar refractivity (Wildman–Crippen MR) is 143 cm³/mol. The first-order valence-electron chi connectivity index (χ1n) is 12.4. The van der Waals surface area contributed by atoms with E-state index in [-0.39, 0.29) is 23.9 Å². The number of furan rings is 1. The van der Waals surface area contributed by atoms with E-state index in [2.05, 4.69) is 5.32 Å². The van der Waals surface area contributed by atoms with Gasteiger partial charge in [-0.15, -0.1) is 0 Å². The molecule has 0 saturated carbocycles. The van der Waals surface area contributed by atoms with Crippen molar-refractivity contribution in [1.82, 2.24) is 9.62 Å². The molecule has 5 rings (SSSR count). The van der Waals surface area contributed by atoms with Crippen LogP contribution in [-0.4, -0.2) is 35.8 Å². The summed E-state index contributed by atoms with van der Waals surface area (Å²) in [5.41, 5.74) is 0.816. The topological polar surface area (TPSA) is 103 Å². The molecule has 4 aromatic rings. The molecular formula is C28H25F3N2O5S2. The van der Waals surface area contributed by atoms with E-state index >= 15 is 0 Å². The summed E-state index contributed by atoms with van der Waals surface area (Å²) in [6, 6.07) is 18.7. The molecule has 0 aliphatic carbocycles. The molecular weight excluding hydrogens is 565 g/mol. The van der Waals surface area contributed by atoms with Crippen LogP contribution in [0.2, 0.25) is 0 Å². The van der Waals surface area contributed by atoms with E-state index in [4.69, 9.17) is 4.42 Å². The summed E-state index contributed by atoms with van der Waals surface area (Å²) in [5, 5.41) is 3.21. The number of alkyl halides is 3. The highest BCUT2D eigenvalue weighted by atomic mass is 32.2. The number of hydrogen-bond donors (Lipinski definition) is 1. The molecule has 1 amide bonds. The van der Waals surface area contributed by atoms with Gasteiger partial charge in [-0.05, 0) is 59.9 Å². The molecule has 0 spiro atoms. The fourth-order valence-corrected chi connectivity index (χ4v) is 7.40. The van der Waals surface area contributed by atoms with Crippen LogP contribution in [0.25, 0.3) is 11.0 Å². The molecule has 1 fully saturated rings. The third kappa shape index (κ3) is 6.04. The lowest BCUT2D eigenvalue weighted by Gasteiger charge is -2.22. The standard InChI is InChI=1S/C28H25F3N2O5S2/c29-28(30,31)22-12-10-19(11-13-22)18-39(35)23-7-3-5-20(15-23)17-32-27(34)24-8-4-14-33(24)40(36,37)26-16-21-6-1-2-9-25(21)38-26/h1-3,5-7,9-13,15-16,24H,4,8,14,17-18H2,(H,32,34)/t24-,39?/m0/s1. The Morgan fingerprint density at radius 2 is 1.77 bits per heavy atom. The van der Waals surface area contributed by atoms with Gasteiger partial charge < -0.3 is 14.3 Å². The Balaban J connectivity index is 1.22. The van der Waals surface area contributed by atoms with Crippen LogP contribution in [0, 0.1) is 0 Å². The largest absolute Gasteiger partial charge is 0.611 e. The fraction of sp³-hybridized carbons (Fsp3) is 0.250. The van der Waals surface area contributed by atoms with Gasteiger partial charge in [-0.1, -0.05) is 42.5 Å². The third-order valence-electron chi connectivity index (χ3n) is 6.68. The first kappa shape index (κ1) is 28.2. The summed E-state index contributed by atoms with van der Waals surface area (Å²) in [6.07, 6.45) is -3.55. The van der Waals surface area contributed by atoms with E-state index in [0.717, 1.165) is 16.4 Å². The van der Waals surface area contributed by atoms with Crippen molar-refractivity contribution < 1.29 is 35.4 Å². The summed E-state index contributed by atoms with van der Waals surface area (Å²) >= 11 is -1.53. The van der Waals surface area contributed by atoms with Gasteiger partial charge in [0.05, 0.1) is 5.56 Å². The summed E-state index contributed by atoms with van der Waals surface area (Å²) in [7, 11) is -4.03. The van der Waals surface area contributed by atoms with Gasteiger partial charge >= 0.3 is 6.18 Å². The normalized spacial score (nSPS) is 17.2. The van der Waals surface area contributed by atoms with E-state index in [0.29, 0.717) is 39.8 Å². The van der Waals surface area contributed by atoms with Gasteiger partial charge in [-0.2, -0.15) is 17.5 Å². The second-order valence-electron chi connectivity index (χ2n) is 9.43. The predicted octanol–water partition coefficient (Wildman–Crippen LogP) is 5.23. The highest BCUT2D eigenvalue weighted by molar-refractivity contribution is 7.90. The van der Waals surface area contributed by atoms with Crippen LogP contribution in [0.4, 0.5) is 13.2 Å². The highest BCUT2D eigenvalue weighted by Crippen LogP contribution is 2.31. The summed E-state index contributed by atoms with van der Waals surface area (Å²) in [4.78, 5) is 13.5. The monoisotopic (exact) mass is 590 g/mol. The number of sulfonamides is 1. The minimum Gasteiger partial charge on any atom is -0.611 e. The molecule has 1 N–H and O–H groups in total. The number of halogens is 3. The van der Waals surface area contributed by atoms with E-state index in [1.54, 1.807) is 48.5 Å². The molecule has 40 heavy (non-hydrogen) atoms. The SMILES string of the molecule is O=C(NCc1cccc([S+]([O-])Cc2ccc(C(F)(F)F)cc2)c1)[C@@H]1CCCN1S(=O)(=O)c1cc2ccccc2o1. The first-order chi connectivity index (χ1) is 19.0. The van der Waals surface area contributed by atoms with E-state index in [1.807, 2.05) is 0 Å². The number of fused-ring (bicyclic) bond motifs is 1. The molecule has 2 heterocycles. The second-order valence-corrected chi connectivity index (χ2v) is 12.7. The maximum absolute atomic E-state index is 13.3. The minimum atomic E-state index is -4.44. The maximum Gasteiger partial charge on any atom is 0.416 e. The van der Waals surface area contributed by atoms with Gasteiger partial charge in [0.2, 0.25) is 11.0 Å². The zero-order valence-electron chi connectivity index (χ0n) is 21.1. The van der Waals surface area contributed by atoms with Crippen LogP contribution < -0.4 is 5.32 Å². The van der Waals surface area contributed by atoms with Crippen molar-refractivity contribution in [3.8, 4) is 0 Å². The van der Waals surface area contributed by atoms with Gasteiger partial charge in [0, 0.05) is 30.1 Å². The molecule has 210 valence electrons. The van der Waals surface area contributed by atoms with Crippen LogP contribution in [0.5, 0.6) is 0 Å². The molecule has 3 aromatic carbocycles. The molecule has 2 atom stereocenters. The summed E-state index contributed by atoms with van der Waals surface area (Å²) in [5.74, 6) is -0.418.